The fourth-order valence-corrected chi connectivity index (χ4v) is 4.55. The van der Waals surface area contributed by atoms with Crippen molar-refractivity contribution < 1.29 is 4.21 Å². The third kappa shape index (κ3) is 4.26. The van der Waals surface area contributed by atoms with Crippen molar-refractivity contribution >= 4 is 27.3 Å². The van der Waals surface area contributed by atoms with Gasteiger partial charge in [-0.1, -0.05) is 0 Å². The van der Waals surface area contributed by atoms with Crippen LogP contribution >= 0.6 is 11.3 Å². The Hall–Kier alpha value is -0.460. The molecule has 0 bridgehead atoms. The van der Waals surface area contributed by atoms with Crippen molar-refractivity contribution in [2.24, 2.45) is 0 Å². The van der Waals surface area contributed by atoms with E-state index in [0.717, 1.165) is 49.1 Å². The van der Waals surface area contributed by atoms with E-state index in [0.29, 0.717) is 6.04 Å². The van der Waals surface area contributed by atoms with Crippen LogP contribution in [0.15, 0.2) is 6.20 Å². The summed E-state index contributed by atoms with van der Waals surface area (Å²) >= 11 is 1.77. The molecular formula is C13H23N3OS2. The molecule has 6 heteroatoms. The van der Waals surface area contributed by atoms with Gasteiger partial charge in [0, 0.05) is 59.1 Å². The Morgan fingerprint density at radius 3 is 2.74 bits per heavy atom. The number of thiazole rings is 1. The lowest BCUT2D eigenvalue weighted by Gasteiger charge is -2.22. The molecule has 1 aliphatic rings. The second-order valence-electron chi connectivity index (χ2n) is 4.78. The summed E-state index contributed by atoms with van der Waals surface area (Å²) in [4.78, 5) is 8.05. The lowest BCUT2D eigenvalue weighted by atomic mass is 10.1. The van der Waals surface area contributed by atoms with E-state index in [1.807, 2.05) is 6.20 Å². The van der Waals surface area contributed by atoms with Crippen LogP contribution in [0.5, 0.6) is 0 Å². The quantitative estimate of drug-likeness (QED) is 0.873. The second kappa shape index (κ2) is 7.36. The van der Waals surface area contributed by atoms with E-state index in [1.165, 1.54) is 4.88 Å². The largest absolute Gasteiger partial charge is 0.349 e. The minimum absolute atomic E-state index is 0.525. The van der Waals surface area contributed by atoms with Crippen LogP contribution in [0.4, 0.5) is 5.13 Å². The molecule has 0 atom stereocenters. The van der Waals surface area contributed by atoms with E-state index in [9.17, 15) is 4.21 Å². The van der Waals surface area contributed by atoms with Crippen LogP contribution in [0.1, 0.15) is 31.6 Å². The molecule has 4 nitrogen and oxygen atoms in total. The van der Waals surface area contributed by atoms with Crippen molar-refractivity contribution in [3.8, 4) is 0 Å². The molecule has 0 aliphatic carbocycles. The summed E-state index contributed by atoms with van der Waals surface area (Å²) in [6, 6.07) is 0.525. The molecule has 1 saturated heterocycles. The van der Waals surface area contributed by atoms with Crippen LogP contribution in [0.2, 0.25) is 0 Å². The maximum Gasteiger partial charge on any atom is 0.185 e. The first kappa shape index (κ1) is 14.9. The number of rotatable bonds is 6. The molecule has 2 rings (SSSR count). The van der Waals surface area contributed by atoms with E-state index in [1.54, 1.807) is 11.3 Å². The average Bonchev–Trinajstić information content (AvgIpc) is 2.88. The highest BCUT2D eigenvalue weighted by Crippen LogP contribution is 2.22. The van der Waals surface area contributed by atoms with Gasteiger partial charge in [0.05, 0.1) is 0 Å². The number of anilines is 1. The van der Waals surface area contributed by atoms with Crippen molar-refractivity contribution in [3.63, 3.8) is 0 Å². The van der Waals surface area contributed by atoms with E-state index < -0.39 is 10.8 Å². The molecule has 108 valence electrons. The Kier molecular flexibility index (Phi) is 5.78. The van der Waals surface area contributed by atoms with Crippen LogP contribution in [-0.4, -0.2) is 39.8 Å². The number of nitrogens with zero attached hydrogens (tertiary/aromatic N) is 2. The second-order valence-corrected chi connectivity index (χ2v) is 7.57. The molecule has 0 saturated carbocycles. The highest BCUT2D eigenvalue weighted by Gasteiger charge is 2.17. The average molecular weight is 301 g/mol. The maximum atomic E-state index is 11.3. The Labute approximate surface area is 122 Å². The molecule has 2 heterocycles. The molecule has 0 radical (unpaired) electrons. The highest BCUT2D eigenvalue weighted by atomic mass is 32.2. The lowest BCUT2D eigenvalue weighted by molar-refractivity contribution is 0.477. The Balaban J connectivity index is 1.81. The van der Waals surface area contributed by atoms with Crippen LogP contribution in [0.3, 0.4) is 0 Å². The molecule has 19 heavy (non-hydrogen) atoms. The van der Waals surface area contributed by atoms with Gasteiger partial charge in [0.2, 0.25) is 0 Å². The van der Waals surface area contributed by atoms with Crippen molar-refractivity contribution in [2.45, 2.75) is 39.3 Å². The lowest BCUT2D eigenvalue weighted by Crippen LogP contribution is -2.35. The fourth-order valence-electron chi connectivity index (χ4n) is 2.26. The summed E-state index contributed by atoms with van der Waals surface area (Å²) < 4.78 is 11.3. The molecular weight excluding hydrogens is 278 g/mol. The van der Waals surface area contributed by atoms with Crippen molar-refractivity contribution in [3.05, 3.63) is 11.1 Å². The third-order valence-corrected chi connectivity index (χ3v) is 5.97. The van der Waals surface area contributed by atoms with Crippen LogP contribution in [0, 0.1) is 0 Å². The fraction of sp³-hybridized carbons (Fsp3) is 0.769. The van der Waals surface area contributed by atoms with E-state index >= 15 is 0 Å². The van der Waals surface area contributed by atoms with Gasteiger partial charge in [0.1, 0.15) is 0 Å². The van der Waals surface area contributed by atoms with E-state index in [4.69, 9.17) is 0 Å². The zero-order valence-electron chi connectivity index (χ0n) is 11.7. The molecule has 1 fully saturated rings. The minimum Gasteiger partial charge on any atom is -0.349 e. The first-order chi connectivity index (χ1) is 9.22. The zero-order chi connectivity index (χ0) is 13.7. The van der Waals surface area contributed by atoms with E-state index in [-0.39, 0.29) is 0 Å². The molecule has 1 N–H and O–H groups in total. The molecule has 0 aromatic carbocycles. The molecule has 1 aliphatic heterocycles. The summed E-state index contributed by atoms with van der Waals surface area (Å²) in [5, 5.41) is 4.68. The molecule has 1 aromatic rings. The van der Waals surface area contributed by atoms with E-state index in [2.05, 4.69) is 29.0 Å². The monoisotopic (exact) mass is 301 g/mol. The summed E-state index contributed by atoms with van der Waals surface area (Å²) in [5.74, 6) is 1.70. The number of hydrogen-bond donors (Lipinski definition) is 1. The Morgan fingerprint density at radius 2 is 2.11 bits per heavy atom. The number of aromatic nitrogens is 1. The van der Waals surface area contributed by atoms with Crippen molar-refractivity contribution in [1.82, 2.24) is 10.3 Å². The molecule has 0 spiro atoms. The summed E-state index contributed by atoms with van der Waals surface area (Å²) in [6.45, 7) is 7.21. The van der Waals surface area contributed by atoms with Gasteiger partial charge in [-0.25, -0.2) is 4.98 Å². The molecule has 0 unspecified atom stereocenters. The predicted molar refractivity (Wildman–Crippen MR) is 83.4 cm³/mol. The first-order valence-corrected chi connectivity index (χ1v) is 9.31. The standard InChI is InChI=1S/C13H23N3OS2/c1-3-16(4-2)13-15-10-12(18-13)9-14-11-5-7-19(17)8-6-11/h10-11,14H,3-9H2,1-2H3. The van der Waals surface area contributed by atoms with Gasteiger partial charge in [-0.2, -0.15) is 0 Å². The van der Waals surface area contributed by atoms with Gasteiger partial charge in [0.15, 0.2) is 5.13 Å². The SMILES string of the molecule is CCN(CC)c1ncc(CNC2CCS(=O)CC2)s1. The Bertz CT molecular complexity index is 408. The van der Waals surface area contributed by atoms with Gasteiger partial charge in [-0.15, -0.1) is 11.3 Å². The molecule has 1 aromatic heterocycles. The summed E-state index contributed by atoms with van der Waals surface area (Å²) in [5.41, 5.74) is 0. The number of nitrogens with one attached hydrogen (secondary N) is 1. The van der Waals surface area contributed by atoms with Gasteiger partial charge >= 0.3 is 0 Å². The zero-order valence-corrected chi connectivity index (χ0v) is 13.4. The molecule has 0 amide bonds. The van der Waals surface area contributed by atoms with Gasteiger partial charge in [-0.05, 0) is 26.7 Å². The number of hydrogen-bond acceptors (Lipinski definition) is 5. The first-order valence-electron chi connectivity index (χ1n) is 7.01. The van der Waals surface area contributed by atoms with Gasteiger partial charge in [0.25, 0.3) is 0 Å². The topological polar surface area (TPSA) is 45.2 Å². The predicted octanol–water partition coefficient (Wildman–Crippen LogP) is 1.99. The highest BCUT2D eigenvalue weighted by molar-refractivity contribution is 7.85. The van der Waals surface area contributed by atoms with Crippen molar-refractivity contribution in [1.29, 1.82) is 0 Å². The van der Waals surface area contributed by atoms with Crippen LogP contribution in [0.25, 0.3) is 0 Å². The normalized spacial score (nSPS) is 23.5. The minimum atomic E-state index is -0.570. The summed E-state index contributed by atoms with van der Waals surface area (Å²) in [7, 11) is -0.570. The Morgan fingerprint density at radius 1 is 1.42 bits per heavy atom. The maximum absolute atomic E-state index is 11.3. The van der Waals surface area contributed by atoms with Gasteiger partial charge < -0.3 is 10.2 Å². The smallest absolute Gasteiger partial charge is 0.185 e. The van der Waals surface area contributed by atoms with Crippen molar-refractivity contribution in [2.75, 3.05) is 29.5 Å². The third-order valence-electron chi connectivity index (χ3n) is 3.53. The van der Waals surface area contributed by atoms with Crippen LogP contribution in [-0.2, 0) is 17.3 Å². The van der Waals surface area contributed by atoms with Gasteiger partial charge in [-0.3, -0.25) is 4.21 Å². The summed E-state index contributed by atoms with van der Waals surface area (Å²) in [6.07, 6.45) is 4.05. The van der Waals surface area contributed by atoms with Crippen LogP contribution < -0.4 is 10.2 Å².